The second-order valence-electron chi connectivity index (χ2n) is 18.3. The van der Waals surface area contributed by atoms with E-state index in [9.17, 15) is 19.3 Å². The van der Waals surface area contributed by atoms with Crippen molar-refractivity contribution in [3.8, 4) is 34.6 Å². The van der Waals surface area contributed by atoms with Gasteiger partial charge in [-0.1, -0.05) is 78.9 Å². The molecule has 2 aromatic heterocycles. The third-order valence-corrected chi connectivity index (χ3v) is 14.1. The number of rotatable bonds is 9. The van der Waals surface area contributed by atoms with E-state index in [0.717, 1.165) is 111 Å². The Labute approximate surface area is 424 Å². The van der Waals surface area contributed by atoms with Crippen LogP contribution in [0.4, 0.5) is 42.9 Å². The number of benzene rings is 11. The monoisotopic (exact) mass is 954 g/mol. The molecule has 8 heteroatoms. The first-order chi connectivity index (χ1) is 36.4. The smallest absolute Gasteiger partial charge is 0.123 e. The molecule has 74 heavy (non-hydrogen) atoms. The van der Waals surface area contributed by atoms with Crippen LogP contribution >= 0.6 is 0 Å². The number of hydrogen-bond donors (Lipinski definition) is 0. The molecule has 11 aromatic carbocycles. The Hall–Kier alpha value is -10.3. The van der Waals surface area contributed by atoms with E-state index < -0.39 is 0 Å². The van der Waals surface area contributed by atoms with Crippen molar-refractivity contribution in [1.29, 1.82) is 10.5 Å². The summed E-state index contributed by atoms with van der Waals surface area (Å²) in [6.07, 6.45) is 0. The van der Waals surface area contributed by atoms with Gasteiger partial charge in [0.15, 0.2) is 0 Å². The Morgan fingerprint density at radius 3 is 1.20 bits per heavy atom. The zero-order chi connectivity index (χ0) is 49.9. The normalized spacial score (nSPS) is 11.4. The first kappa shape index (κ1) is 43.7. The fourth-order valence-electron chi connectivity index (χ4n) is 10.7. The van der Waals surface area contributed by atoms with E-state index >= 15 is 0 Å². The molecule has 0 atom stereocenters. The lowest BCUT2D eigenvalue weighted by molar-refractivity contribution is 0.627. The highest BCUT2D eigenvalue weighted by molar-refractivity contribution is 6.13. The van der Waals surface area contributed by atoms with Crippen molar-refractivity contribution in [3.63, 3.8) is 0 Å². The van der Waals surface area contributed by atoms with Gasteiger partial charge in [0.05, 0.1) is 51.0 Å². The molecule has 0 aliphatic rings. The van der Waals surface area contributed by atoms with E-state index in [4.69, 9.17) is 0 Å². The average Bonchev–Trinajstić information content (AvgIpc) is 3.97. The lowest BCUT2D eigenvalue weighted by Gasteiger charge is -2.28. The highest BCUT2D eigenvalue weighted by Gasteiger charge is 2.22. The van der Waals surface area contributed by atoms with Crippen molar-refractivity contribution >= 4 is 88.5 Å². The molecule has 0 saturated carbocycles. The first-order valence-electron chi connectivity index (χ1n) is 24.2. The van der Waals surface area contributed by atoms with E-state index in [0.29, 0.717) is 11.1 Å². The summed E-state index contributed by atoms with van der Waals surface area (Å²) in [5.41, 5.74) is 14.6. The minimum Gasteiger partial charge on any atom is -0.310 e. The van der Waals surface area contributed by atoms with Crippen LogP contribution in [0.15, 0.2) is 243 Å². The van der Waals surface area contributed by atoms with Crippen LogP contribution in [0.1, 0.15) is 11.1 Å². The van der Waals surface area contributed by atoms with Gasteiger partial charge in [-0.3, -0.25) is 0 Å². The van der Waals surface area contributed by atoms with Gasteiger partial charge in [-0.2, -0.15) is 10.5 Å². The zero-order valence-electron chi connectivity index (χ0n) is 39.5. The molecular weight excluding hydrogens is 915 g/mol. The third-order valence-electron chi connectivity index (χ3n) is 14.1. The summed E-state index contributed by atoms with van der Waals surface area (Å²) in [5, 5.41) is 25.4. The SMILES string of the molecule is N#Cc1ccc(-n2c3ccccc3c3cc(N(c4ccc(F)cc4)c4ccc(-c5ccc(N(c6ccc(F)cc6)c6ccc7c(c6)c6ccccc6n7-c6ccc(C#N)cc6)c6ccccc56)cc4)ccc32)cc1. The van der Waals surface area contributed by atoms with E-state index in [1.165, 1.54) is 24.3 Å². The van der Waals surface area contributed by atoms with E-state index in [-0.39, 0.29) is 11.6 Å². The number of halogens is 2. The van der Waals surface area contributed by atoms with Crippen LogP contribution < -0.4 is 9.80 Å². The lowest BCUT2D eigenvalue weighted by Crippen LogP contribution is -2.11. The van der Waals surface area contributed by atoms with Crippen LogP contribution in [-0.2, 0) is 0 Å². The first-order valence-corrected chi connectivity index (χ1v) is 24.2. The van der Waals surface area contributed by atoms with Crippen molar-refractivity contribution in [2.45, 2.75) is 0 Å². The Morgan fingerprint density at radius 1 is 0.324 bits per heavy atom. The van der Waals surface area contributed by atoms with Gasteiger partial charge in [0.2, 0.25) is 0 Å². The number of nitrogens with zero attached hydrogens (tertiary/aromatic N) is 6. The maximum absolute atomic E-state index is 14.7. The van der Waals surface area contributed by atoms with Gasteiger partial charge in [-0.05, 0) is 180 Å². The molecule has 13 aromatic rings. The molecule has 0 bridgehead atoms. The summed E-state index contributed by atoms with van der Waals surface area (Å²) in [5.74, 6) is -0.629. The average molecular weight is 955 g/mol. The van der Waals surface area contributed by atoms with Crippen LogP contribution in [0.5, 0.6) is 0 Å². The predicted molar refractivity (Wildman–Crippen MR) is 297 cm³/mol. The fraction of sp³-hybridized carbons (Fsp3) is 0. The summed E-state index contributed by atoms with van der Waals surface area (Å²) in [6.45, 7) is 0. The summed E-state index contributed by atoms with van der Waals surface area (Å²) < 4.78 is 33.6. The van der Waals surface area contributed by atoms with Crippen molar-refractivity contribution in [1.82, 2.24) is 9.13 Å². The lowest BCUT2D eigenvalue weighted by atomic mass is 9.96. The number of aromatic nitrogens is 2. The minimum atomic E-state index is -0.316. The Kier molecular flexibility index (Phi) is 10.5. The van der Waals surface area contributed by atoms with Crippen LogP contribution in [0.2, 0.25) is 0 Å². The number of hydrogen-bond acceptors (Lipinski definition) is 4. The van der Waals surface area contributed by atoms with Crippen molar-refractivity contribution in [3.05, 3.63) is 265 Å². The summed E-state index contributed by atoms with van der Waals surface area (Å²) in [4.78, 5) is 4.35. The fourth-order valence-corrected chi connectivity index (χ4v) is 10.7. The van der Waals surface area contributed by atoms with E-state index in [2.05, 4.69) is 152 Å². The molecule has 0 unspecified atom stereocenters. The Morgan fingerprint density at radius 2 is 0.716 bits per heavy atom. The maximum Gasteiger partial charge on any atom is 0.123 e. The quantitative estimate of drug-likeness (QED) is 0.145. The van der Waals surface area contributed by atoms with Crippen LogP contribution in [0, 0.1) is 34.3 Å². The molecule has 0 aliphatic carbocycles. The molecule has 0 saturated heterocycles. The molecule has 348 valence electrons. The van der Waals surface area contributed by atoms with Crippen molar-refractivity contribution < 1.29 is 8.78 Å². The number of fused-ring (bicyclic) bond motifs is 7. The van der Waals surface area contributed by atoms with Gasteiger partial charge in [0.25, 0.3) is 0 Å². The molecule has 0 amide bonds. The Balaban J connectivity index is 0.914. The molecule has 13 rings (SSSR count). The topological polar surface area (TPSA) is 63.9 Å². The van der Waals surface area contributed by atoms with Gasteiger partial charge in [-0.15, -0.1) is 0 Å². The van der Waals surface area contributed by atoms with Crippen molar-refractivity contribution in [2.24, 2.45) is 0 Å². The number of anilines is 6. The number of para-hydroxylation sites is 2. The Bertz CT molecular complexity index is 4390. The molecule has 0 aliphatic heterocycles. The van der Waals surface area contributed by atoms with E-state index in [1.54, 1.807) is 12.1 Å². The maximum atomic E-state index is 14.7. The van der Waals surface area contributed by atoms with Gasteiger partial charge in [-0.25, -0.2) is 8.78 Å². The molecule has 2 heterocycles. The molecular formula is C66H40F2N6. The third kappa shape index (κ3) is 7.37. The number of nitriles is 2. The van der Waals surface area contributed by atoms with Gasteiger partial charge in [0.1, 0.15) is 11.6 Å². The summed E-state index contributed by atoms with van der Waals surface area (Å²) in [7, 11) is 0. The van der Waals surface area contributed by atoms with Gasteiger partial charge < -0.3 is 18.9 Å². The molecule has 0 spiro atoms. The summed E-state index contributed by atoms with van der Waals surface area (Å²) in [6, 6.07) is 83.7. The summed E-state index contributed by atoms with van der Waals surface area (Å²) >= 11 is 0. The van der Waals surface area contributed by atoms with Crippen molar-refractivity contribution in [2.75, 3.05) is 9.80 Å². The standard InChI is InChI=1S/C66H40F2N6/c67-46-19-29-49(30-20-46)71(53-33-36-65-60(39-53)58-9-3-5-11-62(58)73(65)51-23-13-43(41-69)14-24-51)48-27-17-45(18-28-48)55-35-38-64(57-8-2-1-7-56(55)57)72(50-31-21-47(68)22-32-50)54-34-37-66-61(40-54)59-10-4-6-12-63(59)74(66)52-25-15-44(42-70)16-26-52/h1-40H. The van der Waals surface area contributed by atoms with E-state index in [1.807, 2.05) is 84.9 Å². The van der Waals surface area contributed by atoms with Gasteiger partial charge in [0, 0.05) is 66.7 Å². The second kappa shape index (κ2) is 17.8. The largest absolute Gasteiger partial charge is 0.310 e. The van der Waals surface area contributed by atoms with Gasteiger partial charge >= 0.3 is 0 Å². The predicted octanol–water partition coefficient (Wildman–Crippen LogP) is 17.7. The van der Waals surface area contributed by atoms with Crippen LogP contribution in [0.25, 0.3) is 76.9 Å². The second-order valence-corrected chi connectivity index (χ2v) is 18.3. The zero-order valence-corrected chi connectivity index (χ0v) is 39.5. The highest BCUT2D eigenvalue weighted by Crippen LogP contribution is 2.46. The highest BCUT2D eigenvalue weighted by atomic mass is 19.1. The molecule has 0 N–H and O–H groups in total. The van der Waals surface area contributed by atoms with Crippen LogP contribution in [0.3, 0.4) is 0 Å². The molecule has 0 radical (unpaired) electrons. The molecule has 0 fully saturated rings. The van der Waals surface area contributed by atoms with Crippen LogP contribution in [-0.4, -0.2) is 9.13 Å². The molecule has 6 nitrogen and oxygen atoms in total. The minimum absolute atomic E-state index is 0.314.